The largest absolute Gasteiger partial charge is 0.320 e. The molecule has 0 aliphatic heterocycles. The number of benzene rings is 2. The minimum Gasteiger partial charge on any atom is -0.320 e. The first-order valence-electron chi connectivity index (χ1n) is 5.91. The molecule has 0 saturated heterocycles. The Kier molecular flexibility index (Phi) is 4.45. The van der Waals surface area contributed by atoms with Crippen molar-refractivity contribution in [2.24, 2.45) is 0 Å². The van der Waals surface area contributed by atoms with Crippen LogP contribution in [0.1, 0.15) is 21.5 Å². The van der Waals surface area contributed by atoms with Crippen LogP contribution < -0.4 is 5.32 Å². The lowest BCUT2D eigenvalue weighted by Crippen LogP contribution is -2.13. The van der Waals surface area contributed by atoms with Crippen molar-refractivity contribution in [3.63, 3.8) is 0 Å². The third kappa shape index (κ3) is 3.19. The van der Waals surface area contributed by atoms with Crippen molar-refractivity contribution in [3.8, 4) is 0 Å². The molecule has 0 saturated carbocycles. The number of halogens is 3. The third-order valence-electron chi connectivity index (χ3n) is 3.01. The average molecular weight is 357 g/mol. The van der Waals surface area contributed by atoms with Crippen molar-refractivity contribution in [3.05, 3.63) is 62.3 Å². The van der Waals surface area contributed by atoms with Crippen molar-refractivity contribution in [2.75, 3.05) is 5.32 Å². The molecule has 0 spiro atoms. The lowest BCUT2D eigenvalue weighted by atomic mass is 10.1. The fourth-order valence-electron chi connectivity index (χ4n) is 1.73. The van der Waals surface area contributed by atoms with Gasteiger partial charge in [-0.25, -0.2) is 4.39 Å². The van der Waals surface area contributed by atoms with Gasteiger partial charge in [0.1, 0.15) is 5.82 Å². The molecular weight excluding hydrogens is 345 g/mol. The molecule has 0 fully saturated rings. The SMILES string of the molecule is Cc1ccc(C(=O)Nc2c(Cl)cc(F)cc2Br)cc1C. The van der Waals surface area contributed by atoms with Crippen LogP contribution in [0.3, 0.4) is 0 Å². The highest BCUT2D eigenvalue weighted by molar-refractivity contribution is 9.10. The molecule has 2 aromatic carbocycles. The van der Waals surface area contributed by atoms with E-state index in [0.717, 1.165) is 17.2 Å². The van der Waals surface area contributed by atoms with E-state index in [-0.39, 0.29) is 10.9 Å². The summed E-state index contributed by atoms with van der Waals surface area (Å²) in [6.45, 7) is 3.91. The van der Waals surface area contributed by atoms with E-state index in [2.05, 4.69) is 21.2 Å². The van der Waals surface area contributed by atoms with Gasteiger partial charge in [0.2, 0.25) is 0 Å². The molecule has 0 aromatic heterocycles. The van der Waals surface area contributed by atoms with Crippen molar-refractivity contribution in [1.82, 2.24) is 0 Å². The second kappa shape index (κ2) is 5.94. The van der Waals surface area contributed by atoms with E-state index in [1.807, 2.05) is 19.9 Å². The zero-order valence-corrected chi connectivity index (χ0v) is 13.3. The van der Waals surface area contributed by atoms with Gasteiger partial charge in [-0.3, -0.25) is 4.79 Å². The Bertz CT molecular complexity index is 665. The molecule has 20 heavy (non-hydrogen) atoms. The van der Waals surface area contributed by atoms with E-state index >= 15 is 0 Å². The van der Waals surface area contributed by atoms with Gasteiger partial charge >= 0.3 is 0 Å². The molecule has 2 nitrogen and oxygen atoms in total. The average Bonchev–Trinajstić information content (AvgIpc) is 2.36. The fourth-order valence-corrected chi connectivity index (χ4v) is 2.63. The number of carbonyl (C=O) groups excluding carboxylic acids is 1. The zero-order chi connectivity index (χ0) is 14.9. The van der Waals surface area contributed by atoms with Crippen molar-refractivity contribution in [2.45, 2.75) is 13.8 Å². The Morgan fingerprint density at radius 1 is 1.20 bits per heavy atom. The van der Waals surface area contributed by atoms with Gasteiger partial charge in [0.05, 0.1) is 10.7 Å². The predicted molar refractivity (Wildman–Crippen MR) is 83.0 cm³/mol. The highest BCUT2D eigenvalue weighted by Gasteiger charge is 2.13. The van der Waals surface area contributed by atoms with Gasteiger partial charge in [-0.05, 0) is 65.2 Å². The van der Waals surface area contributed by atoms with Crippen LogP contribution in [0.25, 0.3) is 0 Å². The van der Waals surface area contributed by atoms with Gasteiger partial charge in [0, 0.05) is 10.0 Å². The normalized spacial score (nSPS) is 10.4. The Labute approximate surface area is 130 Å². The van der Waals surface area contributed by atoms with Crippen molar-refractivity contribution >= 4 is 39.1 Å². The predicted octanol–water partition coefficient (Wildman–Crippen LogP) is 5.11. The number of nitrogens with one attached hydrogen (secondary N) is 1. The van der Waals surface area contributed by atoms with E-state index in [9.17, 15) is 9.18 Å². The van der Waals surface area contributed by atoms with Crippen LogP contribution in [-0.4, -0.2) is 5.91 Å². The van der Waals surface area contributed by atoms with Crippen molar-refractivity contribution < 1.29 is 9.18 Å². The molecule has 1 amide bonds. The summed E-state index contributed by atoms with van der Waals surface area (Å²) in [4.78, 5) is 12.2. The summed E-state index contributed by atoms with van der Waals surface area (Å²) in [5, 5.41) is 2.83. The molecule has 2 rings (SSSR count). The highest BCUT2D eigenvalue weighted by atomic mass is 79.9. The second-order valence-electron chi connectivity index (χ2n) is 4.50. The Morgan fingerprint density at radius 3 is 2.50 bits per heavy atom. The first kappa shape index (κ1) is 15.0. The summed E-state index contributed by atoms with van der Waals surface area (Å²) < 4.78 is 13.5. The number of hydrogen-bond acceptors (Lipinski definition) is 1. The van der Waals surface area contributed by atoms with Gasteiger partial charge in [-0.2, -0.15) is 0 Å². The summed E-state index contributed by atoms with van der Waals surface area (Å²) in [7, 11) is 0. The molecule has 1 N–H and O–H groups in total. The van der Waals surface area contributed by atoms with E-state index in [1.165, 1.54) is 6.07 Å². The summed E-state index contributed by atoms with van der Waals surface area (Å²) in [5.74, 6) is -0.756. The Balaban J connectivity index is 2.30. The molecule has 0 aliphatic carbocycles. The molecule has 2 aromatic rings. The van der Waals surface area contributed by atoms with Crippen LogP contribution in [0.2, 0.25) is 5.02 Å². The molecule has 104 valence electrons. The van der Waals surface area contributed by atoms with E-state index < -0.39 is 5.82 Å². The molecule has 0 bridgehead atoms. The highest BCUT2D eigenvalue weighted by Crippen LogP contribution is 2.32. The topological polar surface area (TPSA) is 29.1 Å². The molecule has 0 aliphatic rings. The van der Waals surface area contributed by atoms with Crippen LogP contribution >= 0.6 is 27.5 Å². The van der Waals surface area contributed by atoms with Crippen LogP contribution in [0, 0.1) is 19.7 Å². The lowest BCUT2D eigenvalue weighted by Gasteiger charge is -2.10. The summed E-state index contributed by atoms with van der Waals surface area (Å²) in [5.41, 5.74) is 3.03. The first-order valence-corrected chi connectivity index (χ1v) is 7.08. The monoisotopic (exact) mass is 355 g/mol. The molecule has 0 unspecified atom stereocenters. The minimum absolute atomic E-state index is 0.147. The summed E-state index contributed by atoms with van der Waals surface area (Å²) >= 11 is 9.12. The number of aryl methyl sites for hydroxylation is 2. The van der Waals surface area contributed by atoms with Gasteiger partial charge in [0.25, 0.3) is 5.91 Å². The minimum atomic E-state index is -0.467. The number of carbonyl (C=O) groups is 1. The smallest absolute Gasteiger partial charge is 0.255 e. The fraction of sp³-hybridized carbons (Fsp3) is 0.133. The molecular formula is C15H12BrClFNO. The van der Waals surface area contributed by atoms with Crippen LogP contribution in [0.15, 0.2) is 34.8 Å². The quantitative estimate of drug-likeness (QED) is 0.796. The second-order valence-corrected chi connectivity index (χ2v) is 5.76. The third-order valence-corrected chi connectivity index (χ3v) is 3.94. The van der Waals surface area contributed by atoms with Crippen LogP contribution in [0.5, 0.6) is 0 Å². The van der Waals surface area contributed by atoms with Gasteiger partial charge in [-0.15, -0.1) is 0 Å². The number of amides is 1. The van der Waals surface area contributed by atoms with Crippen LogP contribution in [-0.2, 0) is 0 Å². The maximum absolute atomic E-state index is 13.1. The van der Waals surface area contributed by atoms with Crippen molar-refractivity contribution in [1.29, 1.82) is 0 Å². The lowest BCUT2D eigenvalue weighted by molar-refractivity contribution is 0.102. The zero-order valence-electron chi connectivity index (χ0n) is 10.9. The molecule has 0 radical (unpaired) electrons. The Morgan fingerprint density at radius 2 is 1.90 bits per heavy atom. The van der Waals surface area contributed by atoms with E-state index in [1.54, 1.807) is 12.1 Å². The maximum Gasteiger partial charge on any atom is 0.255 e. The number of rotatable bonds is 2. The van der Waals surface area contributed by atoms with Crippen LogP contribution in [0.4, 0.5) is 10.1 Å². The number of hydrogen-bond donors (Lipinski definition) is 1. The van der Waals surface area contributed by atoms with Gasteiger partial charge in [-0.1, -0.05) is 17.7 Å². The molecule has 5 heteroatoms. The van der Waals surface area contributed by atoms with E-state index in [0.29, 0.717) is 15.7 Å². The Hall–Kier alpha value is -1.39. The standard InChI is InChI=1S/C15H12BrClFNO/c1-8-3-4-10(5-9(8)2)15(20)19-14-12(16)6-11(18)7-13(14)17/h3-7H,1-2H3,(H,19,20). The van der Waals surface area contributed by atoms with Gasteiger partial charge < -0.3 is 5.32 Å². The molecule has 0 heterocycles. The maximum atomic E-state index is 13.1. The van der Waals surface area contributed by atoms with E-state index in [4.69, 9.17) is 11.6 Å². The number of anilines is 1. The molecule has 0 atom stereocenters. The van der Waals surface area contributed by atoms with Gasteiger partial charge in [0.15, 0.2) is 0 Å². The first-order chi connectivity index (χ1) is 9.38. The summed E-state index contributed by atoms with van der Waals surface area (Å²) in [6, 6.07) is 7.83. The summed E-state index contributed by atoms with van der Waals surface area (Å²) in [6.07, 6.45) is 0.